The van der Waals surface area contributed by atoms with Crippen molar-refractivity contribution in [3.05, 3.63) is 0 Å². The number of carboxylic acids is 1. The molecule has 4 nitrogen and oxygen atoms in total. The highest BCUT2D eigenvalue weighted by Gasteiger charge is 2.48. The first-order valence-electron chi connectivity index (χ1n) is 7.37. The summed E-state index contributed by atoms with van der Waals surface area (Å²) in [7, 11) is 0. The van der Waals surface area contributed by atoms with E-state index in [0.717, 1.165) is 12.8 Å². The highest BCUT2D eigenvalue weighted by atomic mass is 32.2. The van der Waals surface area contributed by atoms with Crippen LogP contribution < -0.4 is 0 Å². The van der Waals surface area contributed by atoms with Crippen molar-refractivity contribution in [3.63, 3.8) is 0 Å². The number of amides is 1. The van der Waals surface area contributed by atoms with E-state index in [0.29, 0.717) is 18.1 Å². The second-order valence-electron chi connectivity index (χ2n) is 7.19. The summed E-state index contributed by atoms with van der Waals surface area (Å²) in [4.78, 5) is 25.7. The molecule has 114 valence electrons. The van der Waals surface area contributed by atoms with Crippen LogP contribution in [-0.4, -0.2) is 39.1 Å². The van der Waals surface area contributed by atoms with Gasteiger partial charge >= 0.3 is 5.97 Å². The van der Waals surface area contributed by atoms with Crippen molar-refractivity contribution in [3.8, 4) is 0 Å². The maximum atomic E-state index is 12.6. The summed E-state index contributed by atoms with van der Waals surface area (Å²) in [6.45, 7) is 8.44. The molecule has 5 heteroatoms. The number of nitrogens with zero attached hydrogens (tertiary/aromatic N) is 1. The highest BCUT2D eigenvalue weighted by Crippen LogP contribution is 2.46. The standard InChI is InChI=1S/C15H25NO3S/c1-9(15(2,3)4)7-12(17)16-11(14(18)19)8-20-13(16)10-5-6-10/h9-11,13H,5-8H2,1-4H3,(H,18,19). The molecule has 1 saturated heterocycles. The maximum Gasteiger partial charge on any atom is 0.327 e. The molecule has 0 aromatic carbocycles. The molecule has 0 aromatic rings. The molecule has 2 rings (SSSR count). The summed E-state index contributed by atoms with van der Waals surface area (Å²) in [6, 6.07) is -0.634. The Morgan fingerprint density at radius 2 is 1.95 bits per heavy atom. The summed E-state index contributed by atoms with van der Waals surface area (Å²) >= 11 is 1.64. The van der Waals surface area contributed by atoms with Crippen LogP contribution in [-0.2, 0) is 9.59 Å². The molecule has 1 aliphatic carbocycles. The Bertz CT molecular complexity index is 400. The summed E-state index contributed by atoms with van der Waals surface area (Å²) < 4.78 is 0. The van der Waals surface area contributed by atoms with Crippen LogP contribution in [0.3, 0.4) is 0 Å². The van der Waals surface area contributed by atoms with Gasteiger partial charge in [-0.15, -0.1) is 11.8 Å². The van der Waals surface area contributed by atoms with E-state index in [4.69, 9.17) is 0 Å². The molecule has 0 bridgehead atoms. The number of thioether (sulfide) groups is 1. The van der Waals surface area contributed by atoms with Crippen LogP contribution >= 0.6 is 11.8 Å². The highest BCUT2D eigenvalue weighted by molar-refractivity contribution is 8.00. The lowest BCUT2D eigenvalue weighted by Gasteiger charge is -2.32. The Kier molecular flexibility index (Phi) is 4.38. The molecular formula is C15H25NO3S. The van der Waals surface area contributed by atoms with Gasteiger partial charge in [0, 0.05) is 12.2 Å². The monoisotopic (exact) mass is 299 g/mol. The van der Waals surface area contributed by atoms with Gasteiger partial charge in [0.05, 0.1) is 5.37 Å². The molecule has 0 aromatic heterocycles. The number of rotatable bonds is 4. The topological polar surface area (TPSA) is 57.6 Å². The third kappa shape index (κ3) is 3.30. The van der Waals surface area contributed by atoms with Crippen molar-refractivity contribution in [2.45, 2.75) is 58.4 Å². The molecule has 3 unspecified atom stereocenters. The van der Waals surface area contributed by atoms with E-state index < -0.39 is 12.0 Å². The van der Waals surface area contributed by atoms with Gasteiger partial charge in [0.2, 0.25) is 5.91 Å². The molecule has 20 heavy (non-hydrogen) atoms. The number of carbonyl (C=O) groups excluding carboxylic acids is 1. The normalized spacial score (nSPS) is 28.5. The molecule has 0 radical (unpaired) electrons. The van der Waals surface area contributed by atoms with Gasteiger partial charge in [0.1, 0.15) is 6.04 Å². The zero-order valence-corrected chi connectivity index (χ0v) is 13.6. The van der Waals surface area contributed by atoms with Gasteiger partial charge in [0.25, 0.3) is 0 Å². The smallest absolute Gasteiger partial charge is 0.327 e. The fraction of sp³-hybridized carbons (Fsp3) is 0.867. The van der Waals surface area contributed by atoms with E-state index in [2.05, 4.69) is 27.7 Å². The predicted molar refractivity (Wildman–Crippen MR) is 80.5 cm³/mol. The minimum absolute atomic E-state index is 0.0155. The number of hydrogen-bond acceptors (Lipinski definition) is 3. The largest absolute Gasteiger partial charge is 0.480 e. The van der Waals surface area contributed by atoms with Gasteiger partial charge in [-0.1, -0.05) is 27.7 Å². The average Bonchev–Trinajstić information content (AvgIpc) is 3.05. The third-order valence-electron chi connectivity index (χ3n) is 4.59. The molecule has 1 saturated carbocycles. The summed E-state index contributed by atoms with van der Waals surface area (Å²) in [5, 5.41) is 9.43. The predicted octanol–water partition coefficient (Wildman–Crippen LogP) is 2.82. The average molecular weight is 299 g/mol. The molecule has 1 amide bonds. The Hall–Kier alpha value is -0.710. The fourth-order valence-corrected chi connectivity index (χ4v) is 4.10. The van der Waals surface area contributed by atoms with Crippen LogP contribution in [0.2, 0.25) is 0 Å². The first-order chi connectivity index (χ1) is 9.21. The molecular weight excluding hydrogens is 274 g/mol. The fourth-order valence-electron chi connectivity index (χ4n) is 2.45. The Morgan fingerprint density at radius 1 is 1.35 bits per heavy atom. The number of carbonyl (C=O) groups is 2. The lowest BCUT2D eigenvalue weighted by molar-refractivity contribution is -0.150. The molecule has 2 aliphatic rings. The zero-order valence-electron chi connectivity index (χ0n) is 12.8. The van der Waals surface area contributed by atoms with Crippen molar-refractivity contribution in [1.82, 2.24) is 4.90 Å². The summed E-state index contributed by atoms with van der Waals surface area (Å²) in [5.41, 5.74) is 0.0658. The van der Waals surface area contributed by atoms with Gasteiger partial charge in [-0.3, -0.25) is 4.79 Å². The van der Waals surface area contributed by atoms with Crippen LogP contribution in [0.1, 0.15) is 47.0 Å². The van der Waals surface area contributed by atoms with E-state index in [1.165, 1.54) is 0 Å². The van der Waals surface area contributed by atoms with E-state index >= 15 is 0 Å². The summed E-state index contributed by atoms with van der Waals surface area (Å²) in [5.74, 6) is 0.443. The second kappa shape index (κ2) is 5.58. The minimum atomic E-state index is -0.864. The van der Waals surface area contributed by atoms with E-state index in [1.807, 2.05) is 0 Å². The number of hydrogen-bond donors (Lipinski definition) is 1. The molecule has 0 spiro atoms. The Labute approximate surface area is 125 Å². The van der Waals surface area contributed by atoms with Gasteiger partial charge in [-0.2, -0.15) is 0 Å². The van der Waals surface area contributed by atoms with Gasteiger partial charge in [0.15, 0.2) is 0 Å². The third-order valence-corrected chi connectivity index (χ3v) is 6.05. The first-order valence-corrected chi connectivity index (χ1v) is 8.42. The molecule has 3 atom stereocenters. The van der Waals surface area contributed by atoms with E-state index in [1.54, 1.807) is 16.7 Å². The zero-order chi connectivity index (χ0) is 15.1. The molecule has 1 aliphatic heterocycles. The van der Waals surface area contributed by atoms with Crippen molar-refractivity contribution in [2.24, 2.45) is 17.3 Å². The second-order valence-corrected chi connectivity index (χ2v) is 8.34. The SMILES string of the molecule is CC(CC(=O)N1C(C(=O)O)CSC1C1CC1)C(C)(C)C. The number of carboxylic acid groups (broad SMARTS) is 1. The van der Waals surface area contributed by atoms with E-state index in [9.17, 15) is 14.7 Å². The Balaban J connectivity index is 2.09. The lowest BCUT2D eigenvalue weighted by Crippen LogP contribution is -2.47. The van der Waals surface area contributed by atoms with Crippen LogP contribution in [0.25, 0.3) is 0 Å². The molecule has 1 heterocycles. The van der Waals surface area contributed by atoms with Crippen LogP contribution in [0, 0.1) is 17.3 Å². The number of aliphatic carboxylic acids is 1. The van der Waals surface area contributed by atoms with Gasteiger partial charge in [-0.25, -0.2) is 4.79 Å². The quantitative estimate of drug-likeness (QED) is 0.867. The van der Waals surface area contributed by atoms with Gasteiger partial charge < -0.3 is 10.0 Å². The van der Waals surface area contributed by atoms with Crippen molar-refractivity contribution < 1.29 is 14.7 Å². The van der Waals surface area contributed by atoms with Crippen LogP contribution in [0.15, 0.2) is 0 Å². The summed E-state index contributed by atoms with van der Waals surface area (Å²) in [6.07, 6.45) is 2.70. The first kappa shape index (κ1) is 15.7. The van der Waals surface area contributed by atoms with Crippen LogP contribution in [0.5, 0.6) is 0 Å². The van der Waals surface area contributed by atoms with Crippen LogP contribution in [0.4, 0.5) is 0 Å². The van der Waals surface area contributed by atoms with Crippen molar-refractivity contribution in [2.75, 3.05) is 5.75 Å². The molecule has 2 fully saturated rings. The lowest BCUT2D eigenvalue weighted by atomic mass is 9.80. The van der Waals surface area contributed by atoms with E-state index in [-0.39, 0.29) is 22.6 Å². The van der Waals surface area contributed by atoms with Crippen molar-refractivity contribution >= 4 is 23.6 Å². The Morgan fingerprint density at radius 3 is 2.40 bits per heavy atom. The van der Waals surface area contributed by atoms with Gasteiger partial charge in [-0.05, 0) is 30.1 Å². The maximum absolute atomic E-state index is 12.6. The van der Waals surface area contributed by atoms with Crippen molar-refractivity contribution in [1.29, 1.82) is 0 Å². The minimum Gasteiger partial charge on any atom is -0.480 e. The molecule has 1 N–H and O–H groups in total.